The van der Waals surface area contributed by atoms with Gasteiger partial charge in [-0.1, -0.05) is 18.2 Å². The third-order valence-corrected chi connectivity index (χ3v) is 4.68. The zero-order valence-electron chi connectivity index (χ0n) is 15.2. The summed E-state index contributed by atoms with van der Waals surface area (Å²) >= 11 is 0. The van der Waals surface area contributed by atoms with Crippen molar-refractivity contribution in [1.82, 2.24) is 19.6 Å². The van der Waals surface area contributed by atoms with Gasteiger partial charge in [0.1, 0.15) is 17.3 Å². The van der Waals surface area contributed by atoms with Crippen molar-refractivity contribution in [2.75, 3.05) is 12.8 Å². The molecular formula is C21H17N5O2. The molecule has 0 radical (unpaired) electrons. The number of hydrogen-bond donors (Lipinski definition) is 1. The Bertz CT molecular complexity index is 1290. The molecule has 28 heavy (non-hydrogen) atoms. The second-order valence-corrected chi connectivity index (χ2v) is 6.44. The number of nitrogens with two attached hydrogens (primary N) is 1. The van der Waals surface area contributed by atoms with Crippen LogP contribution < -0.4 is 10.5 Å². The molecule has 3 aromatic heterocycles. The van der Waals surface area contributed by atoms with Gasteiger partial charge in [0.15, 0.2) is 5.65 Å². The van der Waals surface area contributed by atoms with Crippen LogP contribution >= 0.6 is 0 Å². The summed E-state index contributed by atoms with van der Waals surface area (Å²) in [7, 11) is 1.65. The molecule has 2 N–H and O–H groups in total. The number of para-hydroxylation sites is 1. The highest BCUT2D eigenvalue weighted by Crippen LogP contribution is 2.32. The molecule has 0 aliphatic carbocycles. The number of methoxy groups -OCH3 is 1. The minimum Gasteiger partial charge on any atom is -0.496 e. The molecule has 0 aliphatic rings. The fraction of sp³-hybridized carbons (Fsp3) is 0.0952. The van der Waals surface area contributed by atoms with Gasteiger partial charge >= 0.3 is 0 Å². The van der Waals surface area contributed by atoms with Crippen LogP contribution in [0.15, 0.2) is 65.3 Å². The Balaban J connectivity index is 1.65. The maximum absolute atomic E-state index is 5.87. The fourth-order valence-electron chi connectivity index (χ4n) is 3.42. The summed E-state index contributed by atoms with van der Waals surface area (Å²) in [4.78, 5) is 9.18. The number of fused-ring (bicyclic) bond motifs is 3. The van der Waals surface area contributed by atoms with E-state index < -0.39 is 0 Å². The van der Waals surface area contributed by atoms with Crippen LogP contribution in [0.25, 0.3) is 27.9 Å². The van der Waals surface area contributed by atoms with Crippen molar-refractivity contribution in [3.63, 3.8) is 0 Å². The summed E-state index contributed by atoms with van der Waals surface area (Å²) < 4.78 is 12.8. The van der Waals surface area contributed by atoms with Crippen LogP contribution in [0.2, 0.25) is 0 Å². The lowest BCUT2D eigenvalue weighted by atomic mass is 10.0. The highest BCUT2D eigenvalue weighted by Gasteiger charge is 2.15. The van der Waals surface area contributed by atoms with Crippen molar-refractivity contribution in [3.8, 4) is 17.1 Å². The number of nitrogen functional groups attached to an aromatic ring is 1. The summed E-state index contributed by atoms with van der Waals surface area (Å²) in [6, 6.07) is 17.6. The van der Waals surface area contributed by atoms with E-state index in [0.717, 1.165) is 39.4 Å². The molecule has 0 atom stereocenters. The summed E-state index contributed by atoms with van der Waals surface area (Å²) in [5, 5.41) is 5.26. The Hall–Kier alpha value is -3.87. The molecule has 5 aromatic rings. The van der Waals surface area contributed by atoms with Gasteiger partial charge in [-0.05, 0) is 42.0 Å². The molecule has 0 fully saturated rings. The van der Waals surface area contributed by atoms with Crippen LogP contribution in [0.1, 0.15) is 11.4 Å². The molecule has 0 bridgehead atoms. The number of rotatable bonds is 4. The predicted molar refractivity (Wildman–Crippen MR) is 106 cm³/mol. The number of benzene rings is 2. The van der Waals surface area contributed by atoms with E-state index in [-0.39, 0.29) is 5.95 Å². The van der Waals surface area contributed by atoms with Crippen LogP contribution in [0.3, 0.4) is 0 Å². The van der Waals surface area contributed by atoms with E-state index in [1.54, 1.807) is 17.9 Å². The first-order valence-corrected chi connectivity index (χ1v) is 8.83. The standard InChI is InChI=1S/C21H17N5O2/c1-27-17-9-8-13(11-15(17)18-7-4-10-28-18)12-19-23-16-6-3-2-5-14(16)20-24-21(22)25-26(19)20/h2-11H,12H2,1H3,(H2,22,25). The predicted octanol–water partition coefficient (Wildman–Crippen LogP) is 3.72. The lowest BCUT2D eigenvalue weighted by Crippen LogP contribution is -2.05. The molecule has 138 valence electrons. The number of anilines is 1. The van der Waals surface area contributed by atoms with E-state index in [2.05, 4.69) is 10.1 Å². The van der Waals surface area contributed by atoms with E-state index in [4.69, 9.17) is 19.9 Å². The van der Waals surface area contributed by atoms with Crippen LogP contribution in [-0.2, 0) is 6.42 Å². The summed E-state index contributed by atoms with van der Waals surface area (Å²) in [5.41, 5.74) is 9.37. The molecule has 0 amide bonds. The number of ether oxygens (including phenoxy) is 1. The van der Waals surface area contributed by atoms with Crippen LogP contribution in [0, 0.1) is 0 Å². The van der Waals surface area contributed by atoms with Gasteiger partial charge in [-0.15, -0.1) is 5.10 Å². The van der Waals surface area contributed by atoms with Gasteiger partial charge in [-0.25, -0.2) is 4.98 Å². The molecule has 3 heterocycles. The van der Waals surface area contributed by atoms with E-state index >= 15 is 0 Å². The second-order valence-electron chi connectivity index (χ2n) is 6.44. The molecule has 7 heteroatoms. The van der Waals surface area contributed by atoms with Crippen molar-refractivity contribution in [1.29, 1.82) is 0 Å². The van der Waals surface area contributed by atoms with Crippen LogP contribution in [0.5, 0.6) is 5.75 Å². The molecular weight excluding hydrogens is 354 g/mol. The molecule has 2 aromatic carbocycles. The van der Waals surface area contributed by atoms with Crippen molar-refractivity contribution in [3.05, 3.63) is 72.2 Å². The third kappa shape index (κ3) is 2.64. The third-order valence-electron chi connectivity index (χ3n) is 4.68. The van der Waals surface area contributed by atoms with Gasteiger partial charge < -0.3 is 14.9 Å². The first kappa shape index (κ1) is 16.3. The Morgan fingerprint density at radius 2 is 1.96 bits per heavy atom. The lowest BCUT2D eigenvalue weighted by molar-refractivity contribution is 0.414. The van der Waals surface area contributed by atoms with Gasteiger partial charge in [-0.2, -0.15) is 9.50 Å². The van der Waals surface area contributed by atoms with Gasteiger partial charge in [0, 0.05) is 11.8 Å². The summed E-state index contributed by atoms with van der Waals surface area (Å²) in [5.74, 6) is 2.49. The SMILES string of the molecule is COc1ccc(Cc2nc3ccccc3c3nc(N)nn23)cc1-c1ccco1. The number of furan rings is 1. The average Bonchev–Trinajstić information content (AvgIpc) is 3.38. The van der Waals surface area contributed by atoms with Crippen LogP contribution in [0.4, 0.5) is 5.95 Å². The minimum atomic E-state index is 0.227. The van der Waals surface area contributed by atoms with Gasteiger partial charge in [0.05, 0.1) is 24.5 Å². The molecule has 0 saturated heterocycles. The topological polar surface area (TPSA) is 91.5 Å². The molecule has 7 nitrogen and oxygen atoms in total. The molecule has 0 saturated carbocycles. The maximum atomic E-state index is 5.87. The van der Waals surface area contributed by atoms with Crippen molar-refractivity contribution in [2.45, 2.75) is 6.42 Å². The zero-order valence-corrected chi connectivity index (χ0v) is 15.2. The van der Waals surface area contributed by atoms with E-state index in [1.807, 2.05) is 54.6 Å². The van der Waals surface area contributed by atoms with E-state index in [0.29, 0.717) is 12.1 Å². The Morgan fingerprint density at radius 3 is 2.79 bits per heavy atom. The lowest BCUT2D eigenvalue weighted by Gasteiger charge is -2.10. The van der Waals surface area contributed by atoms with Crippen molar-refractivity contribution < 1.29 is 9.15 Å². The number of nitrogens with zero attached hydrogens (tertiary/aromatic N) is 4. The van der Waals surface area contributed by atoms with E-state index in [1.165, 1.54) is 0 Å². The zero-order chi connectivity index (χ0) is 19.1. The maximum Gasteiger partial charge on any atom is 0.240 e. The first-order chi connectivity index (χ1) is 13.7. The molecule has 0 aliphatic heterocycles. The van der Waals surface area contributed by atoms with Gasteiger partial charge in [0.25, 0.3) is 0 Å². The molecule has 0 spiro atoms. The normalized spacial score (nSPS) is 11.3. The quantitative estimate of drug-likeness (QED) is 0.518. The molecule has 5 rings (SSSR count). The van der Waals surface area contributed by atoms with Gasteiger partial charge in [0.2, 0.25) is 5.95 Å². The smallest absolute Gasteiger partial charge is 0.240 e. The van der Waals surface area contributed by atoms with E-state index in [9.17, 15) is 0 Å². The Morgan fingerprint density at radius 1 is 1.07 bits per heavy atom. The highest BCUT2D eigenvalue weighted by molar-refractivity contribution is 5.91. The number of hydrogen-bond acceptors (Lipinski definition) is 6. The first-order valence-electron chi connectivity index (χ1n) is 8.83. The largest absolute Gasteiger partial charge is 0.496 e. The second kappa shape index (κ2) is 6.38. The molecule has 0 unspecified atom stereocenters. The van der Waals surface area contributed by atoms with Crippen molar-refractivity contribution >= 4 is 22.5 Å². The van der Waals surface area contributed by atoms with Crippen LogP contribution in [-0.4, -0.2) is 26.7 Å². The minimum absolute atomic E-state index is 0.227. The Kier molecular flexibility index (Phi) is 3.72. The average molecular weight is 371 g/mol. The number of aromatic nitrogens is 4. The fourth-order valence-corrected chi connectivity index (χ4v) is 3.42. The summed E-state index contributed by atoms with van der Waals surface area (Å²) in [6.07, 6.45) is 2.20. The van der Waals surface area contributed by atoms with Gasteiger partial charge in [-0.3, -0.25) is 0 Å². The summed E-state index contributed by atoms with van der Waals surface area (Å²) in [6.45, 7) is 0. The van der Waals surface area contributed by atoms with Crippen molar-refractivity contribution in [2.24, 2.45) is 0 Å². The monoisotopic (exact) mass is 371 g/mol. The highest BCUT2D eigenvalue weighted by atomic mass is 16.5. The Labute approximate surface area is 160 Å².